The maximum Gasteiger partial charge on any atom is 0.232 e. The molecule has 3 nitrogen and oxygen atoms in total. The molecule has 0 fully saturated rings. The van der Waals surface area contributed by atoms with Crippen LogP contribution in [0, 0.1) is 0 Å². The van der Waals surface area contributed by atoms with Gasteiger partial charge in [0.2, 0.25) is 5.91 Å². The van der Waals surface area contributed by atoms with Gasteiger partial charge in [-0.15, -0.1) is 11.8 Å². The highest BCUT2D eigenvalue weighted by Gasteiger charge is 2.10. The molecule has 2 aromatic carbocycles. The molecule has 5 heteroatoms. The molecular weight excluding hydrogens is 372 g/mol. The van der Waals surface area contributed by atoms with Crippen molar-refractivity contribution in [2.75, 3.05) is 31.8 Å². The highest BCUT2D eigenvalue weighted by Crippen LogP contribution is 2.21. The second-order valence-corrected chi connectivity index (χ2v) is 7.52. The number of rotatable bonds is 6. The number of amides is 1. The molecule has 0 radical (unpaired) electrons. The molecule has 0 saturated heterocycles. The summed E-state index contributed by atoms with van der Waals surface area (Å²) in [6.07, 6.45) is 0. The molecule has 23 heavy (non-hydrogen) atoms. The highest BCUT2D eigenvalue weighted by molar-refractivity contribution is 9.10. The van der Waals surface area contributed by atoms with Crippen molar-refractivity contribution in [3.05, 3.63) is 58.6 Å². The molecule has 2 rings (SSSR count). The molecule has 0 aliphatic carbocycles. The van der Waals surface area contributed by atoms with Crippen molar-refractivity contribution in [1.82, 2.24) is 4.90 Å². The molecule has 0 aliphatic rings. The summed E-state index contributed by atoms with van der Waals surface area (Å²) in [7, 11) is 5.89. The van der Waals surface area contributed by atoms with Crippen molar-refractivity contribution < 1.29 is 4.79 Å². The van der Waals surface area contributed by atoms with Crippen LogP contribution in [0.2, 0.25) is 0 Å². The molecule has 122 valence electrons. The van der Waals surface area contributed by atoms with Crippen LogP contribution in [0.4, 0.5) is 5.69 Å². The highest BCUT2D eigenvalue weighted by atomic mass is 79.9. The van der Waals surface area contributed by atoms with Crippen molar-refractivity contribution in [3.63, 3.8) is 0 Å². The molecule has 0 heterocycles. The third kappa shape index (κ3) is 5.59. The van der Waals surface area contributed by atoms with Crippen LogP contribution in [0.1, 0.15) is 5.56 Å². The Bertz CT molecular complexity index is 641. The van der Waals surface area contributed by atoms with Crippen molar-refractivity contribution >= 4 is 39.3 Å². The van der Waals surface area contributed by atoms with E-state index < -0.39 is 0 Å². The fourth-order valence-corrected chi connectivity index (χ4v) is 3.15. The molecule has 1 amide bonds. The minimum atomic E-state index is 0.134. The number of hydrogen-bond acceptors (Lipinski definition) is 3. The summed E-state index contributed by atoms with van der Waals surface area (Å²) >= 11 is 4.98. The summed E-state index contributed by atoms with van der Waals surface area (Å²) in [5.41, 5.74) is 2.30. The zero-order valence-corrected chi connectivity index (χ0v) is 16.0. The summed E-state index contributed by atoms with van der Waals surface area (Å²) in [5, 5.41) is 0. The average molecular weight is 393 g/mol. The van der Waals surface area contributed by atoms with Gasteiger partial charge in [-0.3, -0.25) is 4.79 Å². The van der Waals surface area contributed by atoms with Crippen molar-refractivity contribution in [2.24, 2.45) is 0 Å². The van der Waals surface area contributed by atoms with Crippen LogP contribution in [-0.2, 0) is 11.3 Å². The second-order valence-electron chi connectivity index (χ2n) is 5.55. The van der Waals surface area contributed by atoms with Gasteiger partial charge in [0, 0.05) is 42.7 Å². The molecule has 0 aromatic heterocycles. The van der Waals surface area contributed by atoms with E-state index in [2.05, 4.69) is 45.1 Å². The molecule has 0 saturated carbocycles. The molecule has 2 aromatic rings. The van der Waals surface area contributed by atoms with Crippen molar-refractivity contribution in [3.8, 4) is 0 Å². The smallest absolute Gasteiger partial charge is 0.232 e. The first-order valence-corrected chi connectivity index (χ1v) is 9.12. The van der Waals surface area contributed by atoms with Gasteiger partial charge in [0.25, 0.3) is 0 Å². The van der Waals surface area contributed by atoms with E-state index in [0.29, 0.717) is 12.3 Å². The van der Waals surface area contributed by atoms with Gasteiger partial charge in [-0.05, 0) is 42.0 Å². The average Bonchev–Trinajstić information content (AvgIpc) is 2.54. The Morgan fingerprint density at radius 3 is 2.17 bits per heavy atom. The first-order chi connectivity index (χ1) is 11.0. The van der Waals surface area contributed by atoms with Crippen LogP contribution in [-0.4, -0.2) is 37.7 Å². The summed E-state index contributed by atoms with van der Waals surface area (Å²) in [6.45, 7) is 0.632. The molecule has 0 spiro atoms. The van der Waals surface area contributed by atoms with E-state index in [1.165, 1.54) is 0 Å². The lowest BCUT2D eigenvalue weighted by Crippen LogP contribution is -2.27. The van der Waals surface area contributed by atoms with Crippen LogP contribution < -0.4 is 4.90 Å². The van der Waals surface area contributed by atoms with Crippen molar-refractivity contribution in [1.29, 1.82) is 0 Å². The Hall–Kier alpha value is -1.46. The van der Waals surface area contributed by atoms with Gasteiger partial charge in [-0.2, -0.15) is 0 Å². The lowest BCUT2D eigenvalue weighted by Gasteiger charge is -2.18. The van der Waals surface area contributed by atoms with E-state index in [1.54, 1.807) is 16.7 Å². The minimum Gasteiger partial charge on any atom is -0.378 e. The normalized spacial score (nSPS) is 10.4. The topological polar surface area (TPSA) is 23.6 Å². The van der Waals surface area contributed by atoms with E-state index >= 15 is 0 Å². The fourth-order valence-electron chi connectivity index (χ4n) is 2.05. The quantitative estimate of drug-likeness (QED) is 0.685. The van der Waals surface area contributed by atoms with Crippen molar-refractivity contribution in [2.45, 2.75) is 11.4 Å². The van der Waals surface area contributed by atoms with Crippen LogP contribution in [0.25, 0.3) is 0 Å². The molecule has 0 aliphatic heterocycles. The van der Waals surface area contributed by atoms with Gasteiger partial charge in [0.15, 0.2) is 0 Å². The largest absolute Gasteiger partial charge is 0.378 e. The molecular formula is C18H21BrN2OS. The van der Waals surface area contributed by atoms with E-state index in [9.17, 15) is 4.79 Å². The number of halogens is 1. The Balaban J connectivity index is 1.85. The Kier molecular flexibility index (Phi) is 6.54. The van der Waals surface area contributed by atoms with Crippen LogP contribution in [0.5, 0.6) is 0 Å². The number of thioether (sulfide) groups is 1. The second kappa shape index (κ2) is 8.41. The number of carbonyl (C=O) groups excluding carboxylic acids is 1. The third-order valence-electron chi connectivity index (χ3n) is 3.47. The predicted octanol–water partition coefficient (Wildman–Crippen LogP) is 4.27. The van der Waals surface area contributed by atoms with Gasteiger partial charge < -0.3 is 9.80 Å². The Morgan fingerprint density at radius 1 is 1.00 bits per heavy atom. The Morgan fingerprint density at radius 2 is 1.61 bits per heavy atom. The summed E-state index contributed by atoms with van der Waals surface area (Å²) in [4.78, 5) is 17.2. The van der Waals surface area contributed by atoms with Gasteiger partial charge in [0.1, 0.15) is 0 Å². The van der Waals surface area contributed by atoms with E-state index in [0.717, 1.165) is 20.6 Å². The molecule has 0 N–H and O–H groups in total. The number of hydrogen-bond donors (Lipinski definition) is 0. The lowest BCUT2D eigenvalue weighted by atomic mass is 10.2. The van der Waals surface area contributed by atoms with E-state index in [4.69, 9.17) is 0 Å². The number of anilines is 1. The van der Waals surface area contributed by atoms with Crippen LogP contribution in [0.3, 0.4) is 0 Å². The predicted molar refractivity (Wildman–Crippen MR) is 102 cm³/mol. The first-order valence-electron chi connectivity index (χ1n) is 7.34. The maximum absolute atomic E-state index is 12.3. The number of nitrogens with zero attached hydrogens (tertiary/aromatic N) is 2. The van der Waals surface area contributed by atoms with Gasteiger partial charge in [-0.25, -0.2) is 0 Å². The summed E-state index contributed by atoms with van der Waals surface area (Å²) in [6, 6.07) is 16.3. The molecule has 0 unspecified atom stereocenters. The summed E-state index contributed by atoms with van der Waals surface area (Å²) in [5.74, 6) is 0.586. The van der Waals surface area contributed by atoms with E-state index in [-0.39, 0.29) is 5.91 Å². The maximum atomic E-state index is 12.3. The molecule has 0 atom stereocenters. The SMILES string of the molecule is CN(Cc1ccc(N(C)C)cc1)C(=O)CSc1ccc(Br)cc1. The molecule has 0 bridgehead atoms. The van der Waals surface area contributed by atoms with Crippen LogP contribution in [0.15, 0.2) is 57.9 Å². The third-order valence-corrected chi connectivity index (χ3v) is 5.00. The zero-order valence-electron chi connectivity index (χ0n) is 13.6. The van der Waals surface area contributed by atoms with Gasteiger partial charge >= 0.3 is 0 Å². The van der Waals surface area contributed by atoms with E-state index in [1.807, 2.05) is 45.4 Å². The first kappa shape index (κ1) is 17.9. The summed E-state index contributed by atoms with van der Waals surface area (Å²) < 4.78 is 1.05. The fraction of sp³-hybridized carbons (Fsp3) is 0.278. The van der Waals surface area contributed by atoms with Gasteiger partial charge in [0.05, 0.1) is 5.75 Å². The van der Waals surface area contributed by atoms with Crippen LogP contribution >= 0.6 is 27.7 Å². The Labute approximate surface area is 150 Å². The minimum absolute atomic E-state index is 0.134. The monoisotopic (exact) mass is 392 g/mol. The van der Waals surface area contributed by atoms with Gasteiger partial charge in [-0.1, -0.05) is 28.1 Å². The zero-order chi connectivity index (χ0) is 16.8. The standard InChI is InChI=1S/C18H21BrN2OS/c1-20(2)16-8-4-14(5-9-16)12-21(3)18(22)13-23-17-10-6-15(19)7-11-17/h4-11H,12-13H2,1-3H3. The number of benzene rings is 2. The lowest BCUT2D eigenvalue weighted by molar-refractivity contribution is -0.127. The number of carbonyl (C=O) groups is 1.